The standard InChI is InChI=1S/C14H9N3O2S/c18-14(19)12-7-9(5-6-15-12)20-13-8-16-17-11-4-2-1-3-10(11)13/h1-8H,(H,18,19). The second-order valence-electron chi connectivity index (χ2n) is 4.01. The van der Waals surface area contributed by atoms with Crippen molar-refractivity contribution in [1.29, 1.82) is 0 Å². The van der Waals surface area contributed by atoms with Gasteiger partial charge in [-0.2, -0.15) is 10.2 Å². The van der Waals surface area contributed by atoms with Crippen LogP contribution in [-0.2, 0) is 0 Å². The van der Waals surface area contributed by atoms with Crippen LogP contribution in [0, 0.1) is 0 Å². The van der Waals surface area contributed by atoms with Gasteiger partial charge in [-0.1, -0.05) is 30.0 Å². The molecule has 5 nitrogen and oxygen atoms in total. The lowest BCUT2D eigenvalue weighted by molar-refractivity contribution is 0.0690. The van der Waals surface area contributed by atoms with Gasteiger partial charge in [-0.05, 0) is 18.2 Å². The van der Waals surface area contributed by atoms with Gasteiger partial charge >= 0.3 is 5.97 Å². The molecule has 0 fully saturated rings. The van der Waals surface area contributed by atoms with Crippen LogP contribution in [-0.4, -0.2) is 26.3 Å². The predicted octanol–water partition coefficient (Wildman–Crippen LogP) is 2.87. The van der Waals surface area contributed by atoms with E-state index in [9.17, 15) is 4.79 Å². The number of aromatic nitrogens is 3. The van der Waals surface area contributed by atoms with Crippen molar-refractivity contribution in [2.45, 2.75) is 9.79 Å². The van der Waals surface area contributed by atoms with E-state index < -0.39 is 5.97 Å². The lowest BCUT2D eigenvalue weighted by Gasteiger charge is -2.05. The second-order valence-corrected chi connectivity index (χ2v) is 5.13. The first-order valence-corrected chi connectivity index (χ1v) is 6.63. The predicted molar refractivity (Wildman–Crippen MR) is 74.9 cm³/mol. The number of aromatic carboxylic acids is 1. The van der Waals surface area contributed by atoms with Crippen LogP contribution in [0.25, 0.3) is 10.9 Å². The molecule has 20 heavy (non-hydrogen) atoms. The quantitative estimate of drug-likeness (QED) is 0.796. The number of benzene rings is 1. The molecule has 1 N–H and O–H groups in total. The van der Waals surface area contributed by atoms with Gasteiger partial charge in [0.05, 0.1) is 11.7 Å². The zero-order chi connectivity index (χ0) is 13.9. The summed E-state index contributed by atoms with van der Waals surface area (Å²) in [7, 11) is 0. The minimum absolute atomic E-state index is 0.0290. The summed E-state index contributed by atoms with van der Waals surface area (Å²) in [5, 5.41) is 18.0. The third kappa shape index (κ3) is 2.46. The van der Waals surface area contributed by atoms with Crippen molar-refractivity contribution in [2.24, 2.45) is 0 Å². The maximum atomic E-state index is 10.9. The SMILES string of the molecule is O=C(O)c1cc(Sc2cnnc3ccccc23)ccn1. The topological polar surface area (TPSA) is 76.0 Å². The van der Waals surface area contributed by atoms with Crippen molar-refractivity contribution < 1.29 is 9.90 Å². The fraction of sp³-hybridized carbons (Fsp3) is 0. The van der Waals surface area contributed by atoms with Gasteiger partial charge in [0.15, 0.2) is 0 Å². The first-order valence-electron chi connectivity index (χ1n) is 5.81. The molecular formula is C14H9N3O2S. The Morgan fingerprint density at radius 1 is 1.20 bits per heavy atom. The summed E-state index contributed by atoms with van der Waals surface area (Å²) in [6.45, 7) is 0. The van der Waals surface area contributed by atoms with E-state index in [1.807, 2.05) is 24.3 Å². The summed E-state index contributed by atoms with van der Waals surface area (Å²) >= 11 is 1.44. The molecule has 0 aliphatic carbocycles. The van der Waals surface area contributed by atoms with Gasteiger partial charge in [0, 0.05) is 21.4 Å². The maximum absolute atomic E-state index is 10.9. The average Bonchev–Trinajstić information content (AvgIpc) is 2.48. The normalized spacial score (nSPS) is 10.6. The monoisotopic (exact) mass is 283 g/mol. The molecule has 2 aromatic heterocycles. The molecular weight excluding hydrogens is 274 g/mol. The van der Waals surface area contributed by atoms with E-state index in [1.54, 1.807) is 18.3 Å². The fourth-order valence-corrected chi connectivity index (χ4v) is 2.72. The largest absolute Gasteiger partial charge is 0.477 e. The lowest BCUT2D eigenvalue weighted by atomic mass is 10.2. The summed E-state index contributed by atoms with van der Waals surface area (Å²) in [5.41, 5.74) is 0.839. The Morgan fingerprint density at radius 2 is 2.05 bits per heavy atom. The third-order valence-electron chi connectivity index (χ3n) is 2.69. The summed E-state index contributed by atoms with van der Waals surface area (Å²) in [4.78, 5) is 16.5. The summed E-state index contributed by atoms with van der Waals surface area (Å²) in [6.07, 6.45) is 3.16. The van der Waals surface area contributed by atoms with Crippen LogP contribution in [0.5, 0.6) is 0 Å². The Hall–Kier alpha value is -2.47. The number of nitrogens with zero attached hydrogens (tertiary/aromatic N) is 3. The van der Waals surface area contributed by atoms with Gasteiger partial charge < -0.3 is 5.11 Å². The summed E-state index contributed by atoms with van der Waals surface area (Å²) in [6, 6.07) is 11.0. The van der Waals surface area contributed by atoms with Gasteiger partial charge in [-0.3, -0.25) is 0 Å². The molecule has 0 aliphatic rings. The molecule has 0 amide bonds. The molecule has 3 aromatic rings. The van der Waals surface area contributed by atoms with E-state index in [0.29, 0.717) is 0 Å². The van der Waals surface area contributed by atoms with Crippen molar-refractivity contribution in [2.75, 3.05) is 0 Å². The molecule has 0 spiro atoms. The molecule has 0 saturated heterocycles. The van der Waals surface area contributed by atoms with Crippen LogP contribution < -0.4 is 0 Å². The smallest absolute Gasteiger partial charge is 0.354 e. The molecule has 1 aromatic carbocycles. The first-order chi connectivity index (χ1) is 9.74. The molecule has 0 radical (unpaired) electrons. The molecule has 0 atom stereocenters. The van der Waals surface area contributed by atoms with Crippen LogP contribution >= 0.6 is 11.8 Å². The van der Waals surface area contributed by atoms with Crippen molar-refractivity contribution in [1.82, 2.24) is 15.2 Å². The Kier molecular flexibility index (Phi) is 3.30. The molecule has 98 valence electrons. The highest BCUT2D eigenvalue weighted by Crippen LogP contribution is 2.31. The second kappa shape index (κ2) is 5.26. The van der Waals surface area contributed by atoms with Crippen LogP contribution in [0.3, 0.4) is 0 Å². The highest BCUT2D eigenvalue weighted by atomic mass is 32.2. The molecule has 2 heterocycles. The maximum Gasteiger partial charge on any atom is 0.354 e. The number of fused-ring (bicyclic) bond motifs is 1. The number of pyridine rings is 1. The van der Waals surface area contributed by atoms with Gasteiger partial charge in [0.1, 0.15) is 5.69 Å². The highest BCUT2D eigenvalue weighted by Gasteiger charge is 2.08. The molecule has 0 unspecified atom stereocenters. The van der Waals surface area contributed by atoms with Gasteiger partial charge in [0.2, 0.25) is 0 Å². The number of hydrogen-bond donors (Lipinski definition) is 1. The van der Waals surface area contributed by atoms with E-state index >= 15 is 0 Å². The van der Waals surface area contributed by atoms with E-state index in [-0.39, 0.29) is 5.69 Å². The minimum Gasteiger partial charge on any atom is -0.477 e. The molecule has 0 saturated carbocycles. The Morgan fingerprint density at radius 3 is 2.90 bits per heavy atom. The molecule has 0 bridgehead atoms. The number of rotatable bonds is 3. The number of carboxylic acids is 1. The summed E-state index contributed by atoms with van der Waals surface area (Å²) < 4.78 is 0. The fourth-order valence-electron chi connectivity index (χ4n) is 1.78. The van der Waals surface area contributed by atoms with Crippen molar-refractivity contribution in [3.8, 4) is 0 Å². The van der Waals surface area contributed by atoms with E-state index in [4.69, 9.17) is 5.11 Å². The number of carbonyl (C=O) groups is 1. The zero-order valence-corrected chi connectivity index (χ0v) is 11.0. The van der Waals surface area contributed by atoms with E-state index in [1.165, 1.54) is 18.0 Å². The first kappa shape index (κ1) is 12.6. The molecule has 6 heteroatoms. The zero-order valence-electron chi connectivity index (χ0n) is 10.2. The molecule has 3 rings (SSSR count). The highest BCUT2D eigenvalue weighted by molar-refractivity contribution is 7.99. The Labute approximate surface area is 118 Å². The van der Waals surface area contributed by atoms with Crippen molar-refractivity contribution in [3.05, 3.63) is 54.5 Å². The van der Waals surface area contributed by atoms with Gasteiger partial charge in [-0.15, -0.1) is 0 Å². The van der Waals surface area contributed by atoms with E-state index in [0.717, 1.165) is 20.7 Å². The number of hydrogen-bond acceptors (Lipinski definition) is 5. The van der Waals surface area contributed by atoms with Gasteiger partial charge in [0.25, 0.3) is 0 Å². The van der Waals surface area contributed by atoms with Crippen LogP contribution in [0.4, 0.5) is 0 Å². The lowest BCUT2D eigenvalue weighted by Crippen LogP contribution is -1.99. The third-order valence-corrected chi connectivity index (χ3v) is 3.72. The number of carboxylic acid groups (broad SMARTS) is 1. The summed E-state index contributed by atoms with van der Waals surface area (Å²) in [5.74, 6) is -1.04. The van der Waals surface area contributed by atoms with Crippen LogP contribution in [0.15, 0.2) is 58.6 Å². The van der Waals surface area contributed by atoms with E-state index in [2.05, 4.69) is 15.2 Å². The minimum atomic E-state index is -1.04. The Bertz CT molecular complexity index is 787. The van der Waals surface area contributed by atoms with Crippen LogP contribution in [0.1, 0.15) is 10.5 Å². The average molecular weight is 283 g/mol. The van der Waals surface area contributed by atoms with Crippen LogP contribution in [0.2, 0.25) is 0 Å². The Balaban J connectivity index is 2.01. The van der Waals surface area contributed by atoms with Crippen molar-refractivity contribution >= 4 is 28.6 Å². The molecule has 0 aliphatic heterocycles. The van der Waals surface area contributed by atoms with Gasteiger partial charge in [-0.25, -0.2) is 9.78 Å². The van der Waals surface area contributed by atoms with Crippen molar-refractivity contribution in [3.63, 3.8) is 0 Å².